The highest BCUT2D eigenvalue weighted by Gasteiger charge is 2.63. The highest BCUT2D eigenvalue weighted by atomic mass is 16.3. The highest BCUT2D eigenvalue weighted by molar-refractivity contribution is 6.24. The first-order chi connectivity index (χ1) is 20.8. The molecule has 0 unspecified atom stereocenters. The molecule has 1 fully saturated rings. The molecule has 1 amide bonds. The predicted molar refractivity (Wildman–Crippen MR) is 162 cm³/mol. The number of carbonyl (C=O) groups is 3. The fourth-order valence-corrected chi connectivity index (χ4v) is 7.62. The molecule has 11 nitrogen and oxygen atoms in total. The molecule has 2 aromatic rings. The van der Waals surface area contributed by atoms with Gasteiger partial charge in [-0.25, -0.2) is 0 Å². The monoisotopic (exact) mass is 602 g/mol. The molecule has 44 heavy (non-hydrogen) atoms. The number of benzene rings is 2. The molecule has 4 atom stereocenters. The lowest BCUT2D eigenvalue weighted by Crippen LogP contribution is -2.63. The number of nitrogens with zero attached hydrogens (tertiary/aromatic N) is 3. The number of aromatic hydroxyl groups is 1. The van der Waals surface area contributed by atoms with Crippen molar-refractivity contribution in [2.75, 3.05) is 47.3 Å². The number of Topliss-reactive ketones (excluding diaryl/α,β-unsaturated/α-hetero) is 2. The Labute approximate surface area is 255 Å². The molecule has 2 aromatic carbocycles. The van der Waals surface area contributed by atoms with E-state index in [4.69, 9.17) is 5.73 Å². The summed E-state index contributed by atoms with van der Waals surface area (Å²) in [6, 6.07) is 10.3. The van der Waals surface area contributed by atoms with Crippen molar-refractivity contribution >= 4 is 17.5 Å². The van der Waals surface area contributed by atoms with Crippen LogP contribution < -0.4 is 5.73 Å². The maximum absolute atomic E-state index is 14.1. The number of aliphatic hydroxyl groups excluding tert-OH is 2. The molecule has 0 saturated carbocycles. The van der Waals surface area contributed by atoms with E-state index in [1.165, 1.54) is 6.07 Å². The Morgan fingerprint density at radius 1 is 1.07 bits per heavy atom. The van der Waals surface area contributed by atoms with E-state index in [1.807, 2.05) is 12.1 Å². The Bertz CT molecular complexity index is 1640. The van der Waals surface area contributed by atoms with Crippen LogP contribution in [0.25, 0.3) is 11.1 Å². The van der Waals surface area contributed by atoms with E-state index >= 15 is 0 Å². The Morgan fingerprint density at radius 2 is 1.77 bits per heavy atom. The minimum atomic E-state index is -2.66. The van der Waals surface area contributed by atoms with Crippen molar-refractivity contribution in [3.63, 3.8) is 0 Å². The van der Waals surface area contributed by atoms with Crippen molar-refractivity contribution < 1.29 is 34.8 Å². The number of amides is 1. The summed E-state index contributed by atoms with van der Waals surface area (Å²) < 4.78 is 0. The van der Waals surface area contributed by atoms with Gasteiger partial charge in [0.05, 0.1) is 11.6 Å². The molecule has 11 heteroatoms. The molecule has 0 bridgehead atoms. The summed E-state index contributed by atoms with van der Waals surface area (Å²) in [6.45, 7) is 4.74. The number of hydrogen-bond acceptors (Lipinski definition) is 10. The normalized spacial score (nSPS) is 27.8. The number of ketones is 2. The number of hydrogen-bond donors (Lipinski definition) is 5. The summed E-state index contributed by atoms with van der Waals surface area (Å²) >= 11 is 0. The number of nitrogens with two attached hydrogens (primary N) is 1. The van der Waals surface area contributed by atoms with Crippen LogP contribution >= 0.6 is 0 Å². The molecule has 0 spiro atoms. The van der Waals surface area contributed by atoms with Crippen molar-refractivity contribution in [3.05, 3.63) is 75.8 Å². The van der Waals surface area contributed by atoms with Crippen molar-refractivity contribution in [2.45, 2.75) is 31.0 Å². The molecule has 1 aliphatic heterocycles. The first-order valence-corrected chi connectivity index (χ1v) is 14.8. The molecule has 6 N–H and O–H groups in total. The number of aliphatic hydroxyl groups is 3. The first-order valence-electron chi connectivity index (χ1n) is 14.8. The van der Waals surface area contributed by atoms with Crippen LogP contribution in [0.5, 0.6) is 5.75 Å². The van der Waals surface area contributed by atoms with Gasteiger partial charge >= 0.3 is 0 Å². The summed E-state index contributed by atoms with van der Waals surface area (Å²) in [4.78, 5) is 46.0. The third-order valence-corrected chi connectivity index (χ3v) is 9.85. The van der Waals surface area contributed by atoms with Crippen molar-refractivity contribution in [1.82, 2.24) is 14.7 Å². The second-order valence-electron chi connectivity index (χ2n) is 12.7. The molecule has 232 valence electrons. The van der Waals surface area contributed by atoms with E-state index in [1.54, 1.807) is 25.1 Å². The van der Waals surface area contributed by atoms with Crippen molar-refractivity contribution in [3.8, 4) is 16.9 Å². The zero-order valence-electron chi connectivity index (χ0n) is 25.1. The fraction of sp³-hybridized carbons (Fsp3) is 0.424. The molecular formula is C33H38N4O7. The van der Waals surface area contributed by atoms with Crippen molar-refractivity contribution in [2.24, 2.45) is 17.6 Å². The number of primary amides is 1. The highest BCUT2D eigenvalue weighted by Crippen LogP contribution is 2.53. The van der Waals surface area contributed by atoms with Crippen LogP contribution in [0.15, 0.2) is 59.1 Å². The number of carbonyl (C=O) groups excluding carboxylic acids is 3. The van der Waals surface area contributed by atoms with Gasteiger partial charge in [0, 0.05) is 44.2 Å². The van der Waals surface area contributed by atoms with Crippen LogP contribution in [0.1, 0.15) is 27.9 Å². The summed E-state index contributed by atoms with van der Waals surface area (Å²) in [5, 5.41) is 45.2. The molecule has 6 rings (SSSR count). The number of phenolic OH excluding ortho intramolecular Hbond substituents is 1. The Balaban J connectivity index is 1.43. The molecule has 0 aromatic heterocycles. The number of fused-ring (bicyclic) bond motifs is 3. The maximum Gasteiger partial charge on any atom is 0.255 e. The van der Waals surface area contributed by atoms with Crippen LogP contribution in [-0.4, -0.2) is 112 Å². The van der Waals surface area contributed by atoms with Crippen LogP contribution in [0, 0.1) is 11.8 Å². The van der Waals surface area contributed by atoms with Gasteiger partial charge in [-0.2, -0.15) is 0 Å². The Kier molecular flexibility index (Phi) is 7.40. The average molecular weight is 603 g/mol. The van der Waals surface area contributed by atoms with Gasteiger partial charge in [-0.05, 0) is 74.3 Å². The van der Waals surface area contributed by atoms with Crippen LogP contribution in [0.3, 0.4) is 0 Å². The van der Waals surface area contributed by atoms with Crippen LogP contribution in [0.2, 0.25) is 0 Å². The van der Waals surface area contributed by atoms with Gasteiger partial charge in [0.2, 0.25) is 5.78 Å². The largest absolute Gasteiger partial charge is 0.510 e. The lowest BCUT2D eigenvalue weighted by molar-refractivity contribution is -0.148. The molecule has 1 heterocycles. The zero-order valence-corrected chi connectivity index (χ0v) is 25.1. The second-order valence-corrected chi connectivity index (χ2v) is 12.7. The van der Waals surface area contributed by atoms with E-state index in [-0.39, 0.29) is 29.7 Å². The molecular weight excluding hydrogens is 564 g/mol. The number of allylic oxidation sites excluding steroid dienone is 1. The maximum atomic E-state index is 14.1. The van der Waals surface area contributed by atoms with Crippen LogP contribution in [0.4, 0.5) is 0 Å². The summed E-state index contributed by atoms with van der Waals surface area (Å²) in [6.07, 6.45) is 0.283. The quantitative estimate of drug-likeness (QED) is 0.317. The molecule has 1 saturated heterocycles. The summed E-state index contributed by atoms with van der Waals surface area (Å²) in [5.74, 6) is -6.61. The third-order valence-electron chi connectivity index (χ3n) is 9.85. The van der Waals surface area contributed by atoms with E-state index < -0.39 is 58.0 Å². The predicted octanol–water partition coefficient (Wildman–Crippen LogP) is 1.54. The topological polar surface area (TPSA) is 168 Å². The van der Waals surface area contributed by atoms with Gasteiger partial charge in [0.15, 0.2) is 11.4 Å². The van der Waals surface area contributed by atoms with Crippen LogP contribution in [-0.2, 0) is 22.6 Å². The lowest BCUT2D eigenvalue weighted by Gasteiger charge is -2.50. The van der Waals surface area contributed by atoms with E-state index in [2.05, 4.69) is 29.0 Å². The number of piperazine rings is 1. The molecule has 3 aliphatic carbocycles. The third kappa shape index (κ3) is 4.54. The Hall–Kier alpha value is -4.03. The lowest BCUT2D eigenvalue weighted by atomic mass is 9.58. The average Bonchev–Trinajstić information content (AvgIpc) is 2.96. The smallest absolute Gasteiger partial charge is 0.255 e. The fourth-order valence-electron chi connectivity index (χ4n) is 7.62. The molecule has 0 radical (unpaired) electrons. The van der Waals surface area contributed by atoms with Gasteiger partial charge in [-0.1, -0.05) is 24.3 Å². The SMILES string of the molecule is CN1CCN(Cc2cccc(-c3ccc(O)c4c3C[C@H]3C[C@H]5[C@H](N(C)C)C(O)=C(C(N)=O)C(=O)[C@@]5(O)C(O)=C3C4=O)c2)CC1. The number of rotatable bonds is 5. The van der Waals surface area contributed by atoms with Gasteiger partial charge in [0.1, 0.15) is 22.8 Å². The summed E-state index contributed by atoms with van der Waals surface area (Å²) in [7, 11) is 5.34. The van der Waals surface area contributed by atoms with E-state index in [9.17, 15) is 34.8 Å². The van der Waals surface area contributed by atoms with Gasteiger partial charge < -0.3 is 31.1 Å². The van der Waals surface area contributed by atoms with Crippen molar-refractivity contribution in [1.29, 1.82) is 0 Å². The van der Waals surface area contributed by atoms with Gasteiger partial charge in [-0.15, -0.1) is 0 Å². The zero-order chi connectivity index (χ0) is 31.7. The number of phenols is 1. The first kappa shape index (κ1) is 30.0. The van der Waals surface area contributed by atoms with Gasteiger partial charge in [0.25, 0.3) is 5.91 Å². The minimum absolute atomic E-state index is 0.00718. The van der Waals surface area contributed by atoms with Gasteiger partial charge in [-0.3, -0.25) is 24.2 Å². The summed E-state index contributed by atoms with van der Waals surface area (Å²) in [5.41, 5.74) is 5.17. The minimum Gasteiger partial charge on any atom is -0.510 e. The standard InChI is InChI=1S/C33H38N4O7/c1-35(2)27-22-15-19-14-21-20(18-6-4-5-17(13-18)16-37-11-9-36(3)10-12-37)7-8-23(38)25(21)28(39)24(19)30(41)33(22,44)31(42)26(29(27)40)32(34)43/h4-8,13,19,22,27,38,40-41,44H,9-12,14-16H2,1-3H3,(H2,34,43)/t19-,22-,27-,33-/m0/s1. The van der Waals surface area contributed by atoms with E-state index in [0.29, 0.717) is 5.56 Å². The molecule has 4 aliphatic rings. The Morgan fingerprint density at radius 3 is 2.43 bits per heavy atom. The number of likely N-dealkylation sites (N-methyl/N-ethyl adjacent to an activating group) is 2. The second kappa shape index (κ2) is 10.8. The van der Waals surface area contributed by atoms with E-state index in [0.717, 1.165) is 49.4 Å².